The first-order valence-electron chi connectivity index (χ1n) is 7.38. The first kappa shape index (κ1) is 16.3. The summed E-state index contributed by atoms with van der Waals surface area (Å²) in [7, 11) is 4.10. The molecule has 0 spiro atoms. The topological polar surface area (TPSA) is 6.48 Å². The minimum Gasteiger partial charge on any atom is -0.305 e. The van der Waals surface area contributed by atoms with Crippen LogP contribution in [0.3, 0.4) is 0 Å². The molecule has 0 aliphatic carbocycles. The molecule has 1 fully saturated rings. The van der Waals surface area contributed by atoms with Gasteiger partial charge in [0.25, 0.3) is 0 Å². The monoisotopic (exact) mass is 300 g/mol. The minimum absolute atomic E-state index is 0.501. The Morgan fingerprint density at radius 2 is 1.86 bits per heavy atom. The molecular weight excluding hydrogens is 277 g/mol. The Balaban J connectivity index is 2.13. The van der Waals surface area contributed by atoms with Gasteiger partial charge in [0.05, 0.1) is 5.56 Å². The second kappa shape index (κ2) is 6.36. The second-order valence-corrected chi connectivity index (χ2v) is 6.03. The zero-order valence-corrected chi connectivity index (χ0v) is 12.9. The predicted molar refractivity (Wildman–Crippen MR) is 78.2 cm³/mol. The van der Waals surface area contributed by atoms with Gasteiger partial charge in [0.2, 0.25) is 0 Å². The number of likely N-dealkylation sites (N-methyl/N-ethyl adjacent to an activating group) is 1. The molecule has 1 aliphatic heterocycles. The molecule has 0 saturated carbocycles. The van der Waals surface area contributed by atoms with Gasteiger partial charge in [-0.3, -0.25) is 4.90 Å². The van der Waals surface area contributed by atoms with E-state index in [2.05, 4.69) is 9.80 Å². The van der Waals surface area contributed by atoms with Crippen LogP contribution >= 0.6 is 0 Å². The number of likely N-dealkylation sites (tertiary alicyclic amines) is 1. The summed E-state index contributed by atoms with van der Waals surface area (Å²) in [6.45, 7) is 4.35. The van der Waals surface area contributed by atoms with Crippen molar-refractivity contribution in [1.82, 2.24) is 9.80 Å². The van der Waals surface area contributed by atoms with Crippen molar-refractivity contribution in [3.05, 3.63) is 34.9 Å². The van der Waals surface area contributed by atoms with E-state index < -0.39 is 11.7 Å². The molecule has 118 valence electrons. The first-order chi connectivity index (χ1) is 9.79. The molecule has 1 atom stereocenters. The average Bonchev–Trinajstić information content (AvgIpc) is 2.86. The molecule has 21 heavy (non-hydrogen) atoms. The molecule has 2 rings (SSSR count). The summed E-state index contributed by atoms with van der Waals surface area (Å²) in [6.07, 6.45) is -2.57. The van der Waals surface area contributed by atoms with E-state index in [4.69, 9.17) is 0 Å². The predicted octanol–water partition coefficient (Wildman–Crippen LogP) is 3.40. The smallest absolute Gasteiger partial charge is 0.305 e. The number of benzene rings is 1. The van der Waals surface area contributed by atoms with Crippen molar-refractivity contribution < 1.29 is 13.2 Å². The van der Waals surface area contributed by atoms with Crippen molar-refractivity contribution in [3.8, 4) is 0 Å². The summed E-state index contributed by atoms with van der Waals surface area (Å²) in [5, 5.41) is 0. The average molecular weight is 300 g/mol. The van der Waals surface area contributed by atoms with Gasteiger partial charge in [0.1, 0.15) is 0 Å². The number of alkyl halides is 3. The Labute approximate surface area is 124 Å². The zero-order chi connectivity index (χ0) is 15.6. The summed E-state index contributed by atoms with van der Waals surface area (Å²) in [4.78, 5) is 4.42. The van der Waals surface area contributed by atoms with Crippen molar-refractivity contribution in [1.29, 1.82) is 0 Å². The quantitative estimate of drug-likeness (QED) is 0.841. The molecule has 0 unspecified atom stereocenters. The maximum atomic E-state index is 12.9. The third-order valence-corrected chi connectivity index (χ3v) is 4.17. The lowest BCUT2D eigenvalue weighted by molar-refractivity contribution is -0.137. The van der Waals surface area contributed by atoms with E-state index in [1.165, 1.54) is 12.1 Å². The highest BCUT2D eigenvalue weighted by Gasteiger charge is 2.31. The third kappa shape index (κ3) is 4.20. The molecule has 0 radical (unpaired) electrons. The molecule has 2 nitrogen and oxygen atoms in total. The fraction of sp³-hybridized carbons (Fsp3) is 0.625. The van der Waals surface area contributed by atoms with Crippen LogP contribution < -0.4 is 0 Å². The molecular formula is C16H23F3N2. The second-order valence-electron chi connectivity index (χ2n) is 6.03. The largest absolute Gasteiger partial charge is 0.416 e. The Kier molecular flexibility index (Phi) is 4.94. The molecule has 1 saturated heterocycles. The van der Waals surface area contributed by atoms with Crippen LogP contribution in [0.25, 0.3) is 0 Å². The maximum Gasteiger partial charge on any atom is 0.416 e. The van der Waals surface area contributed by atoms with Gasteiger partial charge in [-0.2, -0.15) is 13.2 Å². The van der Waals surface area contributed by atoms with Crippen LogP contribution in [-0.2, 0) is 19.1 Å². The lowest BCUT2D eigenvalue weighted by Gasteiger charge is -2.21. The molecule has 0 bridgehead atoms. The van der Waals surface area contributed by atoms with Crippen LogP contribution in [0.5, 0.6) is 0 Å². The number of hydrogen-bond donors (Lipinski definition) is 0. The lowest BCUT2D eigenvalue weighted by atomic mass is 10.0. The summed E-state index contributed by atoms with van der Waals surface area (Å²) in [6, 6.07) is 4.96. The van der Waals surface area contributed by atoms with Crippen molar-refractivity contribution in [2.24, 2.45) is 0 Å². The molecule has 5 heteroatoms. The van der Waals surface area contributed by atoms with E-state index in [0.717, 1.165) is 30.6 Å². The van der Waals surface area contributed by atoms with Gasteiger partial charge in [-0.25, -0.2) is 0 Å². The van der Waals surface area contributed by atoms with Crippen LogP contribution in [0.15, 0.2) is 18.2 Å². The van der Waals surface area contributed by atoms with Crippen LogP contribution in [-0.4, -0.2) is 43.0 Å². The highest BCUT2D eigenvalue weighted by molar-refractivity contribution is 5.32. The van der Waals surface area contributed by atoms with Gasteiger partial charge in [-0.1, -0.05) is 13.0 Å². The van der Waals surface area contributed by atoms with Gasteiger partial charge < -0.3 is 4.90 Å². The Bertz CT molecular complexity index is 483. The standard InChI is InChI=1S/C16H23F3N2/c1-4-12-7-13(9-14(8-12)16(17,18)19)10-21-6-5-15(11-21)20(2)3/h7-9,15H,4-6,10-11H2,1-3H3/t15-/m1/s1. The number of hydrogen-bond acceptors (Lipinski definition) is 2. The Morgan fingerprint density at radius 1 is 1.19 bits per heavy atom. The van der Waals surface area contributed by atoms with Crippen molar-refractivity contribution >= 4 is 0 Å². The van der Waals surface area contributed by atoms with Gasteiger partial charge in [-0.05, 0) is 50.2 Å². The SMILES string of the molecule is CCc1cc(CN2CC[C@@H](N(C)C)C2)cc(C(F)(F)F)c1. The summed E-state index contributed by atoms with van der Waals surface area (Å²) in [5.74, 6) is 0. The van der Waals surface area contributed by atoms with Crippen molar-refractivity contribution in [2.45, 2.75) is 38.5 Å². The Morgan fingerprint density at radius 3 is 2.38 bits per heavy atom. The molecule has 1 aromatic rings. The van der Waals surface area contributed by atoms with E-state index in [1.807, 2.05) is 27.1 Å². The van der Waals surface area contributed by atoms with Gasteiger partial charge >= 0.3 is 6.18 Å². The van der Waals surface area contributed by atoms with Gasteiger partial charge in [-0.15, -0.1) is 0 Å². The fourth-order valence-corrected chi connectivity index (χ4v) is 2.86. The third-order valence-electron chi connectivity index (χ3n) is 4.17. The summed E-state index contributed by atoms with van der Waals surface area (Å²) < 4.78 is 38.8. The van der Waals surface area contributed by atoms with E-state index in [-0.39, 0.29) is 0 Å². The lowest BCUT2D eigenvalue weighted by Crippen LogP contribution is -2.31. The molecule has 1 aromatic carbocycles. The van der Waals surface area contributed by atoms with Crippen molar-refractivity contribution in [2.75, 3.05) is 27.2 Å². The first-order valence-corrected chi connectivity index (χ1v) is 7.38. The van der Waals surface area contributed by atoms with Crippen LogP contribution in [0.2, 0.25) is 0 Å². The highest BCUT2D eigenvalue weighted by atomic mass is 19.4. The minimum atomic E-state index is -4.27. The molecule has 0 amide bonds. The van der Waals surface area contributed by atoms with E-state index in [0.29, 0.717) is 19.0 Å². The van der Waals surface area contributed by atoms with Crippen LogP contribution in [0, 0.1) is 0 Å². The maximum absolute atomic E-state index is 12.9. The van der Waals surface area contributed by atoms with Gasteiger partial charge in [0, 0.05) is 25.7 Å². The fourth-order valence-electron chi connectivity index (χ4n) is 2.86. The highest BCUT2D eigenvalue weighted by Crippen LogP contribution is 2.31. The van der Waals surface area contributed by atoms with Crippen LogP contribution in [0.4, 0.5) is 13.2 Å². The van der Waals surface area contributed by atoms with Crippen molar-refractivity contribution in [3.63, 3.8) is 0 Å². The van der Waals surface area contributed by atoms with E-state index in [9.17, 15) is 13.2 Å². The molecule has 1 aliphatic rings. The van der Waals surface area contributed by atoms with Crippen LogP contribution in [0.1, 0.15) is 30.0 Å². The van der Waals surface area contributed by atoms with E-state index in [1.54, 1.807) is 0 Å². The number of halogens is 3. The number of aryl methyl sites for hydroxylation is 1. The summed E-state index contributed by atoms with van der Waals surface area (Å²) in [5.41, 5.74) is 0.990. The zero-order valence-electron chi connectivity index (χ0n) is 12.9. The number of rotatable bonds is 4. The Hall–Kier alpha value is -1.07. The summed E-state index contributed by atoms with van der Waals surface area (Å²) >= 11 is 0. The molecule has 1 heterocycles. The normalized spacial score (nSPS) is 20.4. The van der Waals surface area contributed by atoms with Gasteiger partial charge in [0.15, 0.2) is 0 Å². The molecule has 0 N–H and O–H groups in total. The van der Waals surface area contributed by atoms with E-state index >= 15 is 0 Å². The number of nitrogens with zero attached hydrogens (tertiary/aromatic N) is 2. The molecule has 0 aromatic heterocycles.